The van der Waals surface area contributed by atoms with Gasteiger partial charge in [0.2, 0.25) is 0 Å². The van der Waals surface area contributed by atoms with E-state index in [1.165, 1.54) is 12.2 Å². The number of hydrogen-bond acceptors (Lipinski definition) is 5. The molecule has 10 heteroatoms. The Kier molecular flexibility index (Phi) is 10.4. The van der Waals surface area contributed by atoms with Crippen molar-refractivity contribution in [1.29, 1.82) is 0 Å². The molecule has 7 nitrogen and oxygen atoms in total. The van der Waals surface area contributed by atoms with E-state index in [-0.39, 0.29) is 5.15 Å². The van der Waals surface area contributed by atoms with Crippen LogP contribution in [0.4, 0.5) is 0 Å². The van der Waals surface area contributed by atoms with E-state index < -0.39 is 15.9 Å². The third-order valence-corrected chi connectivity index (χ3v) is 7.01. The molecule has 0 aliphatic heterocycles. The van der Waals surface area contributed by atoms with Crippen LogP contribution in [0.5, 0.6) is 5.75 Å². The number of ether oxygens (including phenoxy) is 1. The van der Waals surface area contributed by atoms with Crippen LogP contribution in [0.15, 0.2) is 60.0 Å². The van der Waals surface area contributed by atoms with E-state index in [1.807, 2.05) is 22.9 Å². The fraction of sp³-hybridized carbons (Fsp3) is 0.259. The van der Waals surface area contributed by atoms with Gasteiger partial charge in [-0.25, -0.2) is 18.1 Å². The Hall–Kier alpha value is -3.07. The number of nitrogens with one attached hydrogen (secondary N) is 1. The number of nitrogens with zero attached hydrogens (tertiary/aromatic N) is 2. The summed E-state index contributed by atoms with van der Waals surface area (Å²) in [4.78, 5) is 16.6. The SMILES string of the molecule is CCCCCOc1ccc(Cn2c(C)nc(Cl)c2/C=C/C(=O)NS(=O)(=O)/C=C/c2ccccc2)c(Cl)c1. The maximum absolute atomic E-state index is 12.3. The lowest BCUT2D eigenvalue weighted by Crippen LogP contribution is -2.26. The number of sulfonamides is 1. The molecule has 0 fully saturated rings. The van der Waals surface area contributed by atoms with Crippen LogP contribution in [0.2, 0.25) is 10.2 Å². The van der Waals surface area contributed by atoms with Gasteiger partial charge in [0.05, 0.1) is 24.3 Å². The van der Waals surface area contributed by atoms with Crippen molar-refractivity contribution >= 4 is 51.3 Å². The van der Waals surface area contributed by atoms with Crippen molar-refractivity contribution in [2.75, 3.05) is 6.61 Å². The molecular formula is C27H29Cl2N3O4S. The van der Waals surface area contributed by atoms with Crippen molar-refractivity contribution in [3.05, 3.63) is 92.8 Å². The molecule has 1 amide bonds. The lowest BCUT2D eigenvalue weighted by Gasteiger charge is -2.12. The van der Waals surface area contributed by atoms with E-state index in [0.717, 1.165) is 36.3 Å². The van der Waals surface area contributed by atoms with Crippen molar-refractivity contribution in [2.24, 2.45) is 0 Å². The predicted molar refractivity (Wildman–Crippen MR) is 149 cm³/mol. The molecule has 0 atom stereocenters. The molecule has 196 valence electrons. The lowest BCUT2D eigenvalue weighted by molar-refractivity contribution is -0.114. The molecule has 0 aliphatic carbocycles. The molecule has 3 aromatic rings. The Bertz CT molecular complexity index is 1380. The summed E-state index contributed by atoms with van der Waals surface area (Å²) in [6.45, 7) is 4.90. The van der Waals surface area contributed by atoms with Gasteiger partial charge in [-0.05, 0) is 48.8 Å². The molecule has 1 heterocycles. The van der Waals surface area contributed by atoms with E-state index >= 15 is 0 Å². The maximum Gasteiger partial charge on any atom is 0.257 e. The molecule has 0 unspecified atom stereocenters. The number of halogens is 2. The molecule has 0 saturated heterocycles. The van der Waals surface area contributed by atoms with Crippen molar-refractivity contribution in [1.82, 2.24) is 14.3 Å². The molecule has 0 radical (unpaired) electrons. The number of hydrogen-bond donors (Lipinski definition) is 1. The number of aromatic nitrogens is 2. The summed E-state index contributed by atoms with van der Waals surface area (Å²) in [7, 11) is -3.98. The van der Waals surface area contributed by atoms with Crippen LogP contribution < -0.4 is 9.46 Å². The summed E-state index contributed by atoms with van der Waals surface area (Å²) in [5, 5.41) is 1.65. The van der Waals surface area contributed by atoms with Crippen LogP contribution in [0.1, 0.15) is 48.8 Å². The van der Waals surface area contributed by atoms with Gasteiger partial charge in [-0.15, -0.1) is 0 Å². The van der Waals surface area contributed by atoms with Crippen molar-refractivity contribution in [2.45, 2.75) is 39.7 Å². The highest BCUT2D eigenvalue weighted by molar-refractivity contribution is 7.93. The summed E-state index contributed by atoms with van der Waals surface area (Å²) < 4.78 is 34.0. The van der Waals surface area contributed by atoms with Gasteiger partial charge in [0.1, 0.15) is 11.6 Å². The zero-order valence-electron chi connectivity index (χ0n) is 20.7. The van der Waals surface area contributed by atoms with Crippen molar-refractivity contribution in [3.8, 4) is 5.75 Å². The number of carbonyl (C=O) groups is 1. The van der Waals surface area contributed by atoms with E-state index in [9.17, 15) is 13.2 Å². The van der Waals surface area contributed by atoms with Crippen LogP contribution in [0, 0.1) is 6.92 Å². The van der Waals surface area contributed by atoms with Gasteiger partial charge in [-0.3, -0.25) is 4.79 Å². The Morgan fingerprint density at radius 2 is 1.86 bits per heavy atom. The average Bonchev–Trinajstić information content (AvgIpc) is 3.13. The van der Waals surface area contributed by atoms with Gasteiger partial charge < -0.3 is 9.30 Å². The highest BCUT2D eigenvalue weighted by Gasteiger charge is 2.15. The Labute approximate surface area is 227 Å². The average molecular weight is 563 g/mol. The summed E-state index contributed by atoms with van der Waals surface area (Å²) >= 11 is 12.8. The van der Waals surface area contributed by atoms with Crippen molar-refractivity contribution < 1.29 is 17.9 Å². The zero-order chi connectivity index (χ0) is 26.8. The van der Waals surface area contributed by atoms with Crippen LogP contribution >= 0.6 is 23.2 Å². The summed E-state index contributed by atoms with van der Waals surface area (Å²) in [6.07, 6.45) is 7.14. The minimum absolute atomic E-state index is 0.181. The summed E-state index contributed by atoms with van der Waals surface area (Å²) in [5.74, 6) is 0.491. The van der Waals surface area contributed by atoms with Gasteiger partial charge >= 0.3 is 0 Å². The second-order valence-corrected chi connectivity index (χ2v) is 10.6. The van der Waals surface area contributed by atoms with Gasteiger partial charge in [0.15, 0.2) is 5.15 Å². The summed E-state index contributed by atoms with van der Waals surface area (Å²) in [5.41, 5.74) is 1.95. The smallest absolute Gasteiger partial charge is 0.257 e. The number of amides is 1. The fourth-order valence-electron chi connectivity index (χ4n) is 3.46. The Morgan fingerprint density at radius 1 is 1.11 bits per heavy atom. The fourth-order valence-corrected chi connectivity index (χ4v) is 4.73. The standard InChI is InChI=1S/C27H29Cl2N3O4S/c1-3-4-8-16-36-23-12-11-22(24(28)18-23)19-32-20(2)30-27(29)25(32)13-14-26(33)31-37(34,35)17-15-21-9-6-5-7-10-21/h5-7,9-15,17-18H,3-4,8,16,19H2,1-2H3,(H,31,33)/b14-13+,17-15+. The van der Waals surface area contributed by atoms with Crippen LogP contribution in [-0.2, 0) is 21.4 Å². The van der Waals surface area contributed by atoms with Gasteiger partial charge in [-0.1, -0.05) is 79.4 Å². The van der Waals surface area contributed by atoms with E-state index in [4.69, 9.17) is 27.9 Å². The normalized spacial score (nSPS) is 11.9. The number of unbranched alkanes of at least 4 members (excludes halogenated alkanes) is 2. The highest BCUT2D eigenvalue weighted by atomic mass is 35.5. The minimum atomic E-state index is -3.98. The number of imidazole rings is 1. The molecule has 0 spiro atoms. The Balaban J connectivity index is 1.69. The highest BCUT2D eigenvalue weighted by Crippen LogP contribution is 2.26. The number of carbonyl (C=O) groups excluding carboxylic acids is 1. The third kappa shape index (κ3) is 8.77. The van der Waals surface area contributed by atoms with Gasteiger partial charge in [-0.2, -0.15) is 0 Å². The van der Waals surface area contributed by atoms with Crippen molar-refractivity contribution in [3.63, 3.8) is 0 Å². The van der Waals surface area contributed by atoms with Crippen LogP contribution in [0.3, 0.4) is 0 Å². The van der Waals surface area contributed by atoms with Crippen LogP contribution in [-0.4, -0.2) is 30.5 Å². The number of aryl methyl sites for hydroxylation is 1. The zero-order valence-corrected chi connectivity index (χ0v) is 23.0. The summed E-state index contributed by atoms with van der Waals surface area (Å²) in [6, 6.07) is 14.4. The monoisotopic (exact) mass is 561 g/mol. The molecule has 0 bridgehead atoms. The molecule has 0 aliphatic rings. The van der Waals surface area contributed by atoms with Gasteiger partial charge in [0.25, 0.3) is 15.9 Å². The first-order valence-corrected chi connectivity index (χ1v) is 14.1. The molecule has 2 aromatic carbocycles. The van der Waals surface area contributed by atoms with E-state index in [1.54, 1.807) is 41.8 Å². The van der Waals surface area contributed by atoms with E-state index in [0.29, 0.717) is 41.0 Å². The molecule has 37 heavy (non-hydrogen) atoms. The van der Waals surface area contributed by atoms with Gasteiger partial charge in [0, 0.05) is 11.1 Å². The topological polar surface area (TPSA) is 90.3 Å². The molecule has 0 saturated carbocycles. The minimum Gasteiger partial charge on any atom is -0.494 e. The molecule has 3 rings (SSSR count). The first kappa shape index (κ1) is 28.5. The molecular weight excluding hydrogens is 533 g/mol. The first-order chi connectivity index (χ1) is 17.7. The maximum atomic E-state index is 12.3. The number of rotatable bonds is 12. The lowest BCUT2D eigenvalue weighted by atomic mass is 10.2. The second kappa shape index (κ2) is 13.5. The number of benzene rings is 2. The second-order valence-electron chi connectivity index (χ2n) is 8.29. The quantitative estimate of drug-likeness (QED) is 0.208. The van der Waals surface area contributed by atoms with Crippen LogP contribution in [0.25, 0.3) is 12.2 Å². The predicted octanol–water partition coefficient (Wildman–Crippen LogP) is 6.25. The molecule has 1 aromatic heterocycles. The third-order valence-electron chi connectivity index (χ3n) is 5.40. The van der Waals surface area contributed by atoms with E-state index in [2.05, 4.69) is 11.9 Å². The Morgan fingerprint density at radius 3 is 2.57 bits per heavy atom. The largest absolute Gasteiger partial charge is 0.494 e. The molecule has 1 N–H and O–H groups in total. The first-order valence-electron chi connectivity index (χ1n) is 11.8.